The molecule has 0 radical (unpaired) electrons. The maximum Gasteiger partial charge on any atom is 0.388 e. The molecule has 0 aromatic rings. The summed E-state index contributed by atoms with van der Waals surface area (Å²) < 4.78 is 75.4. The van der Waals surface area contributed by atoms with E-state index in [9.17, 15) is 26.3 Å². The Kier molecular flexibility index (Phi) is 6.00. The molecule has 0 aliphatic heterocycles. The van der Waals surface area contributed by atoms with Crippen LogP contribution < -0.4 is 0 Å². The van der Waals surface area contributed by atoms with E-state index in [1.54, 1.807) is 0 Å². The van der Waals surface area contributed by atoms with Gasteiger partial charge in [0, 0.05) is 6.42 Å². The fraction of sp³-hybridized carbons (Fsp3) is 1.00. The van der Waals surface area contributed by atoms with E-state index in [2.05, 4.69) is 4.74 Å². The second kappa shape index (κ2) is 6.19. The Morgan fingerprint density at radius 2 is 1.40 bits per heavy atom. The van der Waals surface area contributed by atoms with Crippen LogP contribution in [0, 0.1) is 0 Å². The average molecular weight is 238 g/mol. The van der Waals surface area contributed by atoms with Crippen LogP contribution in [-0.2, 0) is 4.74 Å². The van der Waals surface area contributed by atoms with Gasteiger partial charge in [0.1, 0.15) is 0 Å². The molecule has 0 bridgehead atoms. The largest absolute Gasteiger partial charge is 0.388 e. The van der Waals surface area contributed by atoms with Crippen LogP contribution in [0.15, 0.2) is 0 Å². The fourth-order valence-electron chi connectivity index (χ4n) is 0.899. The van der Waals surface area contributed by atoms with Crippen LogP contribution in [0.4, 0.5) is 26.3 Å². The molecule has 0 saturated heterocycles. The van der Waals surface area contributed by atoms with Gasteiger partial charge in [-0.2, -0.15) is 17.6 Å². The molecular weight excluding hydrogens is 226 g/mol. The van der Waals surface area contributed by atoms with Crippen molar-refractivity contribution in [2.24, 2.45) is 0 Å². The number of hydrogen-bond donors (Lipinski definition) is 0. The number of ether oxygens (including phenoxy) is 1. The maximum atomic E-state index is 12.6. The monoisotopic (exact) mass is 238 g/mol. The number of halogens is 6. The van der Waals surface area contributed by atoms with E-state index in [1.165, 1.54) is 0 Å². The fourth-order valence-corrected chi connectivity index (χ4v) is 0.899. The first kappa shape index (κ1) is 14.5. The van der Waals surface area contributed by atoms with Crippen molar-refractivity contribution in [3.8, 4) is 0 Å². The van der Waals surface area contributed by atoms with Gasteiger partial charge in [-0.25, -0.2) is 4.39 Å². The molecule has 92 valence electrons. The highest BCUT2D eigenvalue weighted by Gasteiger charge is 2.43. The van der Waals surface area contributed by atoms with Gasteiger partial charge in [-0.3, -0.25) is 9.13 Å². The quantitative estimate of drug-likeness (QED) is 0.463. The molecule has 0 heterocycles. The van der Waals surface area contributed by atoms with E-state index >= 15 is 0 Å². The van der Waals surface area contributed by atoms with Crippen molar-refractivity contribution in [2.75, 3.05) is 13.3 Å². The van der Waals surface area contributed by atoms with E-state index in [0.717, 1.165) is 0 Å². The van der Waals surface area contributed by atoms with Crippen molar-refractivity contribution in [1.29, 1.82) is 0 Å². The van der Waals surface area contributed by atoms with Gasteiger partial charge in [-0.15, -0.1) is 0 Å². The molecule has 0 aromatic carbocycles. The summed E-state index contributed by atoms with van der Waals surface area (Å²) in [4.78, 5) is 0. The first-order chi connectivity index (χ1) is 6.83. The van der Waals surface area contributed by atoms with E-state index in [0.29, 0.717) is 0 Å². The van der Waals surface area contributed by atoms with Crippen molar-refractivity contribution in [1.82, 2.24) is 0 Å². The van der Waals surface area contributed by atoms with Crippen LogP contribution in [-0.4, -0.2) is 25.6 Å². The molecule has 0 saturated carbocycles. The Morgan fingerprint density at radius 3 is 1.87 bits per heavy atom. The van der Waals surface area contributed by atoms with Crippen molar-refractivity contribution in [3.63, 3.8) is 0 Å². The minimum atomic E-state index is -4.47. The summed E-state index contributed by atoms with van der Waals surface area (Å²) in [6.07, 6.45) is -9.43. The van der Waals surface area contributed by atoms with E-state index in [4.69, 9.17) is 0 Å². The Labute approximate surface area is 83.4 Å². The predicted molar refractivity (Wildman–Crippen MR) is 41.4 cm³/mol. The zero-order valence-corrected chi connectivity index (χ0v) is 7.92. The third kappa shape index (κ3) is 7.47. The molecule has 15 heavy (non-hydrogen) atoms. The van der Waals surface area contributed by atoms with Gasteiger partial charge < -0.3 is 0 Å². The van der Waals surface area contributed by atoms with Crippen LogP contribution >= 0.6 is 0 Å². The molecule has 0 aliphatic rings. The molecule has 1 nitrogen and oxygen atoms in total. The van der Waals surface area contributed by atoms with Gasteiger partial charge in [0.15, 0.2) is 6.67 Å². The van der Waals surface area contributed by atoms with Crippen molar-refractivity contribution in [2.45, 2.75) is 37.9 Å². The second-order valence-electron chi connectivity index (χ2n) is 3.01. The molecule has 0 aromatic heterocycles. The first-order valence-electron chi connectivity index (χ1n) is 4.41. The third-order valence-corrected chi connectivity index (χ3v) is 1.56. The molecule has 0 unspecified atom stereocenters. The number of hydrogen-bond acceptors (Lipinski definition) is 1. The SMILES string of the molecule is FCCCCCC(F)(F)OC(F)(F)CF. The topological polar surface area (TPSA) is 9.23 Å². The lowest BCUT2D eigenvalue weighted by molar-refractivity contribution is -0.379. The molecule has 0 atom stereocenters. The summed E-state index contributed by atoms with van der Waals surface area (Å²) in [6.45, 7) is -2.94. The molecule has 0 amide bonds. The zero-order valence-electron chi connectivity index (χ0n) is 7.92. The van der Waals surface area contributed by atoms with Gasteiger partial charge >= 0.3 is 12.2 Å². The van der Waals surface area contributed by atoms with Gasteiger partial charge in [0.05, 0.1) is 6.67 Å². The Bertz CT molecular complexity index is 173. The lowest BCUT2D eigenvalue weighted by atomic mass is 10.2. The smallest absolute Gasteiger partial charge is 0.253 e. The lowest BCUT2D eigenvalue weighted by Gasteiger charge is -2.21. The molecule has 0 rings (SSSR count). The van der Waals surface area contributed by atoms with Crippen molar-refractivity contribution in [3.05, 3.63) is 0 Å². The summed E-state index contributed by atoms with van der Waals surface area (Å²) in [7, 11) is 0. The summed E-state index contributed by atoms with van der Waals surface area (Å²) in [5.41, 5.74) is 0. The summed E-state index contributed by atoms with van der Waals surface area (Å²) in [5, 5.41) is 0. The first-order valence-corrected chi connectivity index (χ1v) is 4.41. The molecule has 0 N–H and O–H groups in total. The third-order valence-electron chi connectivity index (χ3n) is 1.56. The van der Waals surface area contributed by atoms with Crippen LogP contribution in [0.1, 0.15) is 25.7 Å². The standard InChI is InChI=1S/C8H12F6O/c9-5-3-1-2-4-7(11,12)15-8(13,14)6-10/h1-6H2. The molecule has 0 aliphatic carbocycles. The molecule has 0 fully saturated rings. The highest BCUT2D eigenvalue weighted by molar-refractivity contribution is 4.59. The zero-order chi connectivity index (χ0) is 11.9. The number of rotatable bonds is 8. The Morgan fingerprint density at radius 1 is 0.800 bits per heavy atom. The predicted octanol–water partition coefficient (Wildman–Crippen LogP) is 3.69. The van der Waals surface area contributed by atoms with Crippen LogP contribution in [0.5, 0.6) is 0 Å². The minimum Gasteiger partial charge on any atom is -0.253 e. The van der Waals surface area contributed by atoms with Crippen LogP contribution in [0.25, 0.3) is 0 Å². The maximum absolute atomic E-state index is 12.6. The second-order valence-corrected chi connectivity index (χ2v) is 3.01. The van der Waals surface area contributed by atoms with Crippen molar-refractivity contribution >= 4 is 0 Å². The Hall–Kier alpha value is -0.460. The van der Waals surface area contributed by atoms with Gasteiger partial charge in [-0.1, -0.05) is 6.42 Å². The minimum absolute atomic E-state index is 0.0928. The van der Waals surface area contributed by atoms with Gasteiger partial charge in [0.25, 0.3) is 0 Å². The van der Waals surface area contributed by atoms with Crippen LogP contribution in [0.2, 0.25) is 0 Å². The van der Waals surface area contributed by atoms with E-state index < -0.39 is 32.0 Å². The molecule has 0 spiro atoms. The van der Waals surface area contributed by atoms with Gasteiger partial charge in [0.2, 0.25) is 0 Å². The van der Waals surface area contributed by atoms with Crippen LogP contribution in [0.3, 0.4) is 0 Å². The molecule has 7 heteroatoms. The average Bonchev–Trinajstić information content (AvgIpc) is 2.11. The normalized spacial score (nSPS) is 13.2. The molecular formula is C8H12F6O. The Balaban J connectivity index is 3.85. The van der Waals surface area contributed by atoms with E-state index in [-0.39, 0.29) is 19.3 Å². The summed E-state index contributed by atoms with van der Waals surface area (Å²) in [6, 6.07) is 0. The van der Waals surface area contributed by atoms with Crippen molar-refractivity contribution < 1.29 is 31.1 Å². The summed E-state index contributed by atoms with van der Waals surface area (Å²) >= 11 is 0. The highest BCUT2D eigenvalue weighted by atomic mass is 19.3. The summed E-state index contributed by atoms with van der Waals surface area (Å²) in [5.74, 6) is 0. The number of unbranched alkanes of at least 4 members (excludes halogenated alkanes) is 2. The highest BCUT2D eigenvalue weighted by Crippen LogP contribution is 2.31. The van der Waals surface area contributed by atoms with E-state index in [1.807, 2.05) is 0 Å². The number of alkyl halides is 6. The van der Waals surface area contributed by atoms with Gasteiger partial charge in [-0.05, 0) is 12.8 Å². The lowest BCUT2D eigenvalue weighted by Crippen LogP contribution is -2.34.